The summed E-state index contributed by atoms with van der Waals surface area (Å²) in [5.41, 5.74) is 0. The summed E-state index contributed by atoms with van der Waals surface area (Å²) in [6.07, 6.45) is 4.14. The van der Waals surface area contributed by atoms with Gasteiger partial charge in [-0.1, -0.05) is 15.9 Å². The Kier molecular flexibility index (Phi) is 7.23. The molecular formula is C7H15Br2N. The quantitative estimate of drug-likeness (QED) is 0.714. The molecule has 0 atom stereocenters. The number of rotatable bonds is 3. The summed E-state index contributed by atoms with van der Waals surface area (Å²) in [5, 5.41) is 1.16. The van der Waals surface area contributed by atoms with E-state index in [4.69, 9.17) is 0 Å². The summed E-state index contributed by atoms with van der Waals surface area (Å²) in [7, 11) is 0. The molecule has 1 aliphatic rings. The van der Waals surface area contributed by atoms with Gasteiger partial charge in [0.1, 0.15) is 0 Å². The third-order valence-electron chi connectivity index (χ3n) is 1.81. The van der Waals surface area contributed by atoms with Crippen molar-refractivity contribution < 1.29 is 0 Å². The molecule has 0 aromatic rings. The van der Waals surface area contributed by atoms with Crippen molar-refractivity contribution in [1.82, 2.24) is 4.90 Å². The Morgan fingerprint density at radius 2 is 1.80 bits per heavy atom. The Balaban J connectivity index is 0.000000810. The van der Waals surface area contributed by atoms with E-state index in [9.17, 15) is 0 Å². The molecule has 3 heteroatoms. The summed E-state index contributed by atoms with van der Waals surface area (Å²) in [6, 6.07) is 0. The second-order valence-corrected chi connectivity index (χ2v) is 3.38. The van der Waals surface area contributed by atoms with Crippen LogP contribution in [0.3, 0.4) is 0 Å². The van der Waals surface area contributed by atoms with Crippen LogP contribution in [0, 0.1) is 0 Å². The largest absolute Gasteiger partial charge is 0.303 e. The van der Waals surface area contributed by atoms with Crippen molar-refractivity contribution in [1.29, 1.82) is 0 Å². The predicted molar refractivity (Wildman–Crippen MR) is 54.4 cm³/mol. The van der Waals surface area contributed by atoms with Crippen LogP contribution in [0.15, 0.2) is 0 Å². The Morgan fingerprint density at radius 1 is 1.20 bits per heavy atom. The molecule has 0 radical (unpaired) electrons. The van der Waals surface area contributed by atoms with E-state index >= 15 is 0 Å². The van der Waals surface area contributed by atoms with Gasteiger partial charge in [0.25, 0.3) is 0 Å². The minimum Gasteiger partial charge on any atom is -0.303 e. The smallest absolute Gasteiger partial charge is 0.00434 e. The maximum absolute atomic E-state index is 3.43. The Morgan fingerprint density at radius 3 is 2.30 bits per heavy atom. The van der Waals surface area contributed by atoms with E-state index in [1.807, 2.05) is 0 Å². The molecule has 62 valence electrons. The maximum Gasteiger partial charge on any atom is 0.00434 e. The summed E-state index contributed by atoms with van der Waals surface area (Å²) in [4.78, 5) is 2.54. The first-order valence-electron chi connectivity index (χ1n) is 3.72. The van der Waals surface area contributed by atoms with Crippen LogP contribution < -0.4 is 0 Å². The van der Waals surface area contributed by atoms with E-state index < -0.39 is 0 Å². The lowest BCUT2D eigenvalue weighted by Gasteiger charge is -2.12. The number of likely N-dealkylation sites (tertiary alicyclic amines) is 1. The molecule has 0 N–H and O–H groups in total. The highest BCUT2D eigenvalue weighted by atomic mass is 79.9. The van der Waals surface area contributed by atoms with Crippen molar-refractivity contribution in [2.24, 2.45) is 0 Å². The minimum atomic E-state index is 0. The lowest BCUT2D eigenvalue weighted by molar-refractivity contribution is 0.341. The zero-order valence-corrected chi connectivity index (χ0v) is 9.48. The van der Waals surface area contributed by atoms with Gasteiger partial charge < -0.3 is 4.90 Å². The predicted octanol–water partition coefficient (Wildman–Crippen LogP) is 2.45. The van der Waals surface area contributed by atoms with Crippen LogP contribution in [0.4, 0.5) is 0 Å². The summed E-state index contributed by atoms with van der Waals surface area (Å²) >= 11 is 3.43. The molecule has 0 bridgehead atoms. The highest BCUT2D eigenvalue weighted by Crippen LogP contribution is 2.07. The average Bonchev–Trinajstić information content (AvgIpc) is 2.34. The minimum absolute atomic E-state index is 0. The molecule has 0 aliphatic carbocycles. The molecule has 0 spiro atoms. The molecule has 0 saturated carbocycles. The third-order valence-corrected chi connectivity index (χ3v) is 2.37. The van der Waals surface area contributed by atoms with Crippen LogP contribution >= 0.6 is 32.9 Å². The standard InChI is InChI=1S/C7H14BrN.BrH/c8-4-3-7-9-5-1-2-6-9;/h1-7H2;1H. The molecule has 1 nitrogen and oxygen atoms in total. The number of alkyl halides is 1. The monoisotopic (exact) mass is 271 g/mol. The fraction of sp³-hybridized carbons (Fsp3) is 1.00. The van der Waals surface area contributed by atoms with Crippen LogP contribution in [-0.4, -0.2) is 29.9 Å². The first-order valence-corrected chi connectivity index (χ1v) is 4.84. The fourth-order valence-corrected chi connectivity index (χ4v) is 1.54. The summed E-state index contributed by atoms with van der Waals surface area (Å²) in [6.45, 7) is 3.98. The molecule has 0 aromatic heterocycles. The zero-order valence-electron chi connectivity index (χ0n) is 6.18. The lowest BCUT2D eigenvalue weighted by Crippen LogP contribution is -2.20. The van der Waals surface area contributed by atoms with Crippen molar-refractivity contribution in [3.63, 3.8) is 0 Å². The molecule has 0 amide bonds. The van der Waals surface area contributed by atoms with Gasteiger partial charge in [-0.2, -0.15) is 0 Å². The van der Waals surface area contributed by atoms with E-state index in [-0.39, 0.29) is 17.0 Å². The Bertz CT molecular complexity index is 72.0. The van der Waals surface area contributed by atoms with Crippen molar-refractivity contribution >= 4 is 32.9 Å². The molecule has 1 heterocycles. The molecule has 10 heavy (non-hydrogen) atoms. The summed E-state index contributed by atoms with van der Waals surface area (Å²) in [5.74, 6) is 0. The number of nitrogens with zero attached hydrogens (tertiary/aromatic N) is 1. The second-order valence-electron chi connectivity index (χ2n) is 2.59. The molecule has 0 aromatic carbocycles. The average molecular weight is 273 g/mol. The first kappa shape index (κ1) is 10.9. The van der Waals surface area contributed by atoms with Crippen molar-refractivity contribution in [3.05, 3.63) is 0 Å². The van der Waals surface area contributed by atoms with Gasteiger partial charge in [0.05, 0.1) is 0 Å². The Hall–Kier alpha value is 0.920. The zero-order chi connectivity index (χ0) is 6.53. The molecule has 0 unspecified atom stereocenters. The van der Waals surface area contributed by atoms with Gasteiger partial charge in [-0.05, 0) is 38.9 Å². The van der Waals surface area contributed by atoms with Crippen molar-refractivity contribution in [2.45, 2.75) is 19.3 Å². The number of halogens is 2. The van der Waals surface area contributed by atoms with Crippen LogP contribution in [0.5, 0.6) is 0 Å². The summed E-state index contributed by atoms with van der Waals surface area (Å²) < 4.78 is 0. The first-order chi connectivity index (χ1) is 4.43. The topological polar surface area (TPSA) is 3.24 Å². The Labute approximate surface area is 82.1 Å². The highest BCUT2D eigenvalue weighted by Gasteiger charge is 2.09. The van der Waals surface area contributed by atoms with E-state index in [1.165, 1.54) is 38.9 Å². The molecule has 1 aliphatic heterocycles. The van der Waals surface area contributed by atoms with Crippen molar-refractivity contribution in [2.75, 3.05) is 25.0 Å². The van der Waals surface area contributed by atoms with Crippen LogP contribution in [0.2, 0.25) is 0 Å². The van der Waals surface area contributed by atoms with Gasteiger partial charge in [0.2, 0.25) is 0 Å². The number of hydrogen-bond donors (Lipinski definition) is 0. The van der Waals surface area contributed by atoms with E-state index in [0.717, 1.165) is 5.33 Å². The van der Waals surface area contributed by atoms with E-state index in [0.29, 0.717) is 0 Å². The van der Waals surface area contributed by atoms with Crippen molar-refractivity contribution in [3.8, 4) is 0 Å². The van der Waals surface area contributed by atoms with Crippen LogP contribution in [0.1, 0.15) is 19.3 Å². The highest BCUT2D eigenvalue weighted by molar-refractivity contribution is 9.09. The van der Waals surface area contributed by atoms with Gasteiger partial charge >= 0.3 is 0 Å². The van der Waals surface area contributed by atoms with Gasteiger partial charge in [-0.25, -0.2) is 0 Å². The van der Waals surface area contributed by atoms with Gasteiger partial charge in [-0.3, -0.25) is 0 Å². The van der Waals surface area contributed by atoms with E-state index in [2.05, 4.69) is 20.8 Å². The van der Waals surface area contributed by atoms with Crippen LogP contribution in [-0.2, 0) is 0 Å². The molecule has 1 rings (SSSR count). The van der Waals surface area contributed by atoms with Crippen LogP contribution in [0.25, 0.3) is 0 Å². The number of hydrogen-bond acceptors (Lipinski definition) is 1. The lowest BCUT2D eigenvalue weighted by atomic mass is 10.4. The van der Waals surface area contributed by atoms with E-state index in [1.54, 1.807) is 0 Å². The second kappa shape index (κ2) is 6.62. The SMILES string of the molecule is Br.BrCCCN1CCCC1. The molecular weight excluding hydrogens is 258 g/mol. The van der Waals surface area contributed by atoms with Gasteiger partial charge in [0, 0.05) is 5.33 Å². The van der Waals surface area contributed by atoms with Gasteiger partial charge in [0.15, 0.2) is 0 Å². The fourth-order valence-electron chi connectivity index (χ4n) is 1.29. The molecule has 1 fully saturated rings. The normalized spacial score (nSPS) is 18.9. The van der Waals surface area contributed by atoms with Gasteiger partial charge in [-0.15, -0.1) is 17.0 Å². The maximum atomic E-state index is 3.43. The molecule has 1 saturated heterocycles. The third kappa shape index (κ3) is 3.94.